The summed E-state index contributed by atoms with van der Waals surface area (Å²) < 4.78 is 50.3. The van der Waals surface area contributed by atoms with Gasteiger partial charge >= 0.3 is 0 Å². The standard InChI is InChI=1S/C9H18N2O4S2/c12-16(13,10-5-1-2-6-10)9-17(14,15)11-7-3-4-8-11/h1-9H2. The van der Waals surface area contributed by atoms with Crippen molar-refractivity contribution in [1.82, 2.24) is 8.61 Å². The molecule has 0 atom stereocenters. The summed E-state index contributed by atoms with van der Waals surface area (Å²) in [5.74, 6) is 0. The van der Waals surface area contributed by atoms with E-state index in [-0.39, 0.29) is 0 Å². The largest absolute Gasteiger partial charge is 0.229 e. The highest BCUT2D eigenvalue weighted by Crippen LogP contribution is 2.18. The fraction of sp³-hybridized carbons (Fsp3) is 1.00. The minimum absolute atomic E-state index is 0.456. The summed E-state index contributed by atoms with van der Waals surface area (Å²) in [6.45, 7) is 1.82. The molecule has 0 aromatic heterocycles. The molecule has 2 aliphatic heterocycles. The molecular formula is C9H18N2O4S2. The predicted octanol–water partition coefficient (Wildman–Crippen LogP) is -0.205. The van der Waals surface area contributed by atoms with Crippen LogP contribution in [0.15, 0.2) is 0 Å². The molecule has 0 radical (unpaired) electrons. The third-order valence-electron chi connectivity index (χ3n) is 3.21. The summed E-state index contributed by atoms with van der Waals surface area (Å²) >= 11 is 0. The van der Waals surface area contributed by atoms with Gasteiger partial charge in [-0.1, -0.05) is 0 Å². The van der Waals surface area contributed by atoms with Crippen molar-refractivity contribution in [2.45, 2.75) is 25.7 Å². The lowest BCUT2D eigenvalue weighted by molar-refractivity contribution is 0.467. The lowest BCUT2D eigenvalue weighted by Gasteiger charge is -2.19. The van der Waals surface area contributed by atoms with Gasteiger partial charge in [0.05, 0.1) is 0 Å². The normalized spacial score (nSPS) is 24.5. The van der Waals surface area contributed by atoms with E-state index in [1.165, 1.54) is 8.61 Å². The molecule has 0 saturated carbocycles. The van der Waals surface area contributed by atoms with Crippen LogP contribution in [0.2, 0.25) is 0 Å². The Labute approximate surface area is 103 Å². The van der Waals surface area contributed by atoms with Crippen molar-refractivity contribution in [3.05, 3.63) is 0 Å². The van der Waals surface area contributed by atoms with Crippen molar-refractivity contribution in [3.63, 3.8) is 0 Å². The molecule has 17 heavy (non-hydrogen) atoms. The lowest BCUT2D eigenvalue weighted by Crippen LogP contribution is -2.39. The van der Waals surface area contributed by atoms with E-state index in [1.54, 1.807) is 0 Å². The van der Waals surface area contributed by atoms with Crippen LogP contribution in [0.5, 0.6) is 0 Å². The van der Waals surface area contributed by atoms with E-state index in [9.17, 15) is 16.8 Å². The number of hydrogen-bond acceptors (Lipinski definition) is 4. The van der Waals surface area contributed by atoms with Gasteiger partial charge in [-0.25, -0.2) is 25.4 Å². The molecule has 2 heterocycles. The molecule has 0 aliphatic carbocycles. The minimum atomic E-state index is -3.65. The predicted molar refractivity (Wildman–Crippen MR) is 64.3 cm³/mol. The Morgan fingerprint density at radius 2 is 0.941 bits per heavy atom. The number of rotatable bonds is 4. The average molecular weight is 282 g/mol. The molecule has 0 bridgehead atoms. The van der Waals surface area contributed by atoms with Crippen LogP contribution in [0, 0.1) is 0 Å². The summed E-state index contributed by atoms with van der Waals surface area (Å²) in [5.41, 5.74) is 0. The summed E-state index contributed by atoms with van der Waals surface area (Å²) in [4.78, 5) is 0. The van der Waals surface area contributed by atoms with Crippen molar-refractivity contribution < 1.29 is 16.8 Å². The van der Waals surface area contributed by atoms with Gasteiger partial charge in [-0.05, 0) is 25.7 Å². The highest BCUT2D eigenvalue weighted by molar-refractivity contribution is 8.05. The zero-order valence-electron chi connectivity index (χ0n) is 9.71. The van der Waals surface area contributed by atoms with Crippen molar-refractivity contribution >= 4 is 20.0 Å². The molecule has 0 aromatic carbocycles. The summed E-state index contributed by atoms with van der Waals surface area (Å²) in [7, 11) is -7.30. The van der Waals surface area contributed by atoms with E-state index in [4.69, 9.17) is 0 Å². The maximum atomic E-state index is 11.9. The molecule has 2 rings (SSSR count). The fourth-order valence-corrected chi connectivity index (χ4v) is 6.60. The van der Waals surface area contributed by atoms with Gasteiger partial charge in [0.1, 0.15) is 0 Å². The molecule has 2 saturated heterocycles. The van der Waals surface area contributed by atoms with Crippen LogP contribution < -0.4 is 0 Å². The Kier molecular flexibility index (Phi) is 3.77. The molecule has 2 aliphatic rings. The second-order valence-electron chi connectivity index (χ2n) is 4.55. The number of nitrogens with zero attached hydrogens (tertiary/aromatic N) is 2. The van der Waals surface area contributed by atoms with Gasteiger partial charge in [0, 0.05) is 26.2 Å². The average Bonchev–Trinajstić information content (AvgIpc) is 2.91. The van der Waals surface area contributed by atoms with Gasteiger partial charge in [-0.2, -0.15) is 0 Å². The monoisotopic (exact) mass is 282 g/mol. The number of sulfonamides is 2. The first-order chi connectivity index (χ1) is 7.92. The van der Waals surface area contributed by atoms with Gasteiger partial charge in [-0.15, -0.1) is 0 Å². The molecule has 0 unspecified atom stereocenters. The molecule has 0 aromatic rings. The maximum absolute atomic E-state index is 11.9. The molecular weight excluding hydrogens is 264 g/mol. The smallest absolute Gasteiger partial charge is 0.211 e. The zero-order chi connectivity index (χ0) is 12.5. The van der Waals surface area contributed by atoms with E-state index >= 15 is 0 Å². The van der Waals surface area contributed by atoms with Gasteiger partial charge in [0.2, 0.25) is 20.0 Å². The van der Waals surface area contributed by atoms with Gasteiger partial charge in [0.25, 0.3) is 0 Å². The van der Waals surface area contributed by atoms with Crippen LogP contribution in [0.1, 0.15) is 25.7 Å². The Balaban J connectivity index is 2.08. The van der Waals surface area contributed by atoms with Crippen LogP contribution >= 0.6 is 0 Å². The van der Waals surface area contributed by atoms with Crippen LogP contribution in [0.25, 0.3) is 0 Å². The van der Waals surface area contributed by atoms with Crippen LogP contribution in [-0.2, 0) is 20.0 Å². The molecule has 2 fully saturated rings. The van der Waals surface area contributed by atoms with E-state index in [1.807, 2.05) is 0 Å². The van der Waals surface area contributed by atoms with Gasteiger partial charge in [-0.3, -0.25) is 0 Å². The maximum Gasteiger partial charge on any atom is 0.229 e. The first kappa shape index (κ1) is 13.3. The number of hydrogen-bond donors (Lipinski definition) is 0. The molecule has 0 spiro atoms. The van der Waals surface area contributed by atoms with Crippen LogP contribution in [-0.4, -0.2) is 56.7 Å². The topological polar surface area (TPSA) is 74.8 Å². The summed E-state index contributed by atoms with van der Waals surface area (Å²) in [5, 5.41) is -0.764. The van der Waals surface area contributed by atoms with Crippen molar-refractivity contribution in [3.8, 4) is 0 Å². The van der Waals surface area contributed by atoms with Gasteiger partial charge < -0.3 is 0 Å². The van der Waals surface area contributed by atoms with E-state index in [0.717, 1.165) is 25.7 Å². The van der Waals surface area contributed by atoms with Crippen LogP contribution in [0.3, 0.4) is 0 Å². The Morgan fingerprint density at radius 1 is 0.647 bits per heavy atom. The third kappa shape index (κ3) is 2.98. The Hall–Kier alpha value is -0.180. The van der Waals surface area contributed by atoms with Gasteiger partial charge in [0.15, 0.2) is 5.08 Å². The van der Waals surface area contributed by atoms with Crippen LogP contribution in [0.4, 0.5) is 0 Å². The first-order valence-electron chi connectivity index (χ1n) is 5.87. The fourth-order valence-electron chi connectivity index (χ4n) is 2.27. The molecule has 0 N–H and O–H groups in total. The molecule has 0 amide bonds. The molecule has 6 nitrogen and oxygen atoms in total. The second kappa shape index (κ2) is 4.83. The molecule has 8 heteroatoms. The quantitative estimate of drug-likeness (QED) is 0.715. The second-order valence-corrected chi connectivity index (χ2v) is 8.86. The first-order valence-corrected chi connectivity index (χ1v) is 9.09. The van der Waals surface area contributed by atoms with Crippen molar-refractivity contribution in [2.24, 2.45) is 0 Å². The SMILES string of the molecule is O=S(=O)(CS(=O)(=O)N1CCCC1)N1CCCC1. The van der Waals surface area contributed by atoms with Crippen molar-refractivity contribution in [1.29, 1.82) is 0 Å². The zero-order valence-corrected chi connectivity index (χ0v) is 11.3. The lowest BCUT2D eigenvalue weighted by atomic mass is 10.4. The highest BCUT2D eigenvalue weighted by atomic mass is 32.3. The summed E-state index contributed by atoms with van der Waals surface area (Å²) in [6, 6.07) is 0. The van der Waals surface area contributed by atoms with E-state index < -0.39 is 25.1 Å². The highest BCUT2D eigenvalue weighted by Gasteiger charge is 2.34. The molecule has 100 valence electrons. The minimum Gasteiger partial charge on any atom is -0.211 e. The summed E-state index contributed by atoms with van der Waals surface area (Å²) in [6.07, 6.45) is 3.29. The Bertz CT molecular complexity index is 415. The van der Waals surface area contributed by atoms with Crippen molar-refractivity contribution in [2.75, 3.05) is 31.3 Å². The Morgan fingerprint density at radius 3 is 1.24 bits per heavy atom. The van der Waals surface area contributed by atoms with E-state index in [0.29, 0.717) is 26.2 Å². The third-order valence-corrected chi connectivity index (χ3v) is 7.90. The van der Waals surface area contributed by atoms with E-state index in [2.05, 4.69) is 0 Å².